The van der Waals surface area contributed by atoms with Crippen LogP contribution >= 0.6 is 11.6 Å². The number of nitrogens with one attached hydrogen (secondary N) is 1. The second-order valence-corrected chi connectivity index (χ2v) is 3.74. The van der Waals surface area contributed by atoms with Crippen LogP contribution in [0.25, 0.3) is 0 Å². The number of hydrogen-bond acceptors (Lipinski definition) is 2. The number of rotatable bonds is 2. The summed E-state index contributed by atoms with van der Waals surface area (Å²) in [7, 11) is 0. The molecule has 0 fully saturated rings. The van der Waals surface area contributed by atoms with Gasteiger partial charge in [-0.25, -0.2) is 0 Å². The van der Waals surface area contributed by atoms with E-state index in [0.29, 0.717) is 16.1 Å². The molecule has 2 N–H and O–H groups in total. The molecule has 4 nitrogen and oxygen atoms in total. The van der Waals surface area contributed by atoms with E-state index in [0.717, 1.165) is 0 Å². The predicted molar refractivity (Wildman–Crippen MR) is 53.9 cm³/mol. The molecular weight excluding hydrogens is 218 g/mol. The van der Waals surface area contributed by atoms with Gasteiger partial charge in [-0.3, -0.25) is 9.59 Å². The molecule has 1 heterocycles. The van der Waals surface area contributed by atoms with Gasteiger partial charge in [0.05, 0.1) is 23.0 Å². The normalized spacial score (nSPS) is 18.5. The fourth-order valence-electron chi connectivity index (χ4n) is 1.71. The monoisotopic (exact) mass is 225 g/mol. The van der Waals surface area contributed by atoms with E-state index in [-0.39, 0.29) is 12.3 Å². The van der Waals surface area contributed by atoms with Crippen molar-refractivity contribution in [1.29, 1.82) is 0 Å². The van der Waals surface area contributed by atoms with E-state index in [4.69, 9.17) is 16.7 Å². The number of hydrogen-bond donors (Lipinski definition) is 2. The maximum atomic E-state index is 11.5. The minimum atomic E-state index is -0.951. The van der Waals surface area contributed by atoms with Gasteiger partial charge < -0.3 is 10.4 Å². The zero-order valence-electron chi connectivity index (χ0n) is 7.66. The van der Waals surface area contributed by atoms with Crippen LogP contribution in [0.4, 0.5) is 0 Å². The van der Waals surface area contributed by atoms with Crippen LogP contribution < -0.4 is 5.32 Å². The summed E-state index contributed by atoms with van der Waals surface area (Å²) in [5.41, 5.74) is 1.06. The molecule has 1 aliphatic heterocycles. The quantitative estimate of drug-likeness (QED) is 0.804. The van der Waals surface area contributed by atoms with E-state index in [1.807, 2.05) is 0 Å². The van der Waals surface area contributed by atoms with Gasteiger partial charge in [-0.1, -0.05) is 23.7 Å². The van der Waals surface area contributed by atoms with Crippen molar-refractivity contribution in [2.24, 2.45) is 0 Å². The van der Waals surface area contributed by atoms with Crippen molar-refractivity contribution in [3.8, 4) is 0 Å². The molecule has 0 saturated carbocycles. The van der Waals surface area contributed by atoms with Gasteiger partial charge in [0.25, 0.3) is 5.91 Å². The fourth-order valence-corrected chi connectivity index (χ4v) is 1.98. The van der Waals surface area contributed by atoms with Crippen LogP contribution in [-0.4, -0.2) is 17.0 Å². The smallest absolute Gasteiger partial charge is 0.305 e. The van der Waals surface area contributed by atoms with Crippen molar-refractivity contribution in [2.75, 3.05) is 0 Å². The SMILES string of the molecule is O=C(O)CC1NC(=O)c2c(Cl)cccc21. The number of benzene rings is 1. The number of carboxylic acids is 1. The number of carboxylic acid groups (broad SMARTS) is 1. The maximum Gasteiger partial charge on any atom is 0.305 e. The molecule has 1 aromatic rings. The molecule has 1 amide bonds. The van der Waals surface area contributed by atoms with Crippen molar-refractivity contribution in [3.05, 3.63) is 34.3 Å². The van der Waals surface area contributed by atoms with Crippen LogP contribution in [0.3, 0.4) is 0 Å². The Morgan fingerprint density at radius 3 is 2.93 bits per heavy atom. The first-order valence-electron chi connectivity index (χ1n) is 4.40. The third-order valence-electron chi connectivity index (χ3n) is 2.33. The maximum absolute atomic E-state index is 11.5. The molecule has 0 aromatic heterocycles. The predicted octanol–water partition coefficient (Wildman–Crippen LogP) is 1.60. The number of carbonyl (C=O) groups excluding carboxylic acids is 1. The minimum Gasteiger partial charge on any atom is -0.481 e. The molecular formula is C10H8ClNO3. The van der Waals surface area contributed by atoms with Gasteiger partial charge in [-0.15, -0.1) is 0 Å². The van der Waals surface area contributed by atoms with Crippen LogP contribution in [0.15, 0.2) is 18.2 Å². The summed E-state index contributed by atoms with van der Waals surface area (Å²) in [6, 6.07) is 4.57. The molecule has 1 aliphatic rings. The van der Waals surface area contributed by atoms with E-state index in [1.54, 1.807) is 18.2 Å². The average molecular weight is 226 g/mol. The molecule has 2 rings (SSSR count). The lowest BCUT2D eigenvalue weighted by molar-refractivity contribution is -0.137. The standard InChI is InChI=1S/C10H8ClNO3/c11-6-3-1-2-5-7(4-8(13)14)12-10(15)9(5)6/h1-3,7H,4H2,(H,12,15)(H,13,14). The van der Waals surface area contributed by atoms with Crippen LogP contribution in [0.2, 0.25) is 5.02 Å². The van der Waals surface area contributed by atoms with Crippen molar-refractivity contribution < 1.29 is 14.7 Å². The Hall–Kier alpha value is -1.55. The fraction of sp³-hybridized carbons (Fsp3) is 0.200. The summed E-state index contributed by atoms with van der Waals surface area (Å²) in [6.07, 6.45) is -0.126. The van der Waals surface area contributed by atoms with Gasteiger partial charge in [0.15, 0.2) is 0 Å². The first-order valence-corrected chi connectivity index (χ1v) is 4.78. The molecule has 0 radical (unpaired) electrons. The lowest BCUT2D eigenvalue weighted by atomic mass is 10.0. The topological polar surface area (TPSA) is 66.4 Å². The summed E-state index contributed by atoms with van der Waals surface area (Å²) >= 11 is 5.86. The van der Waals surface area contributed by atoms with Crippen molar-refractivity contribution in [1.82, 2.24) is 5.32 Å². The lowest BCUT2D eigenvalue weighted by Gasteiger charge is -2.07. The average Bonchev–Trinajstić information content (AvgIpc) is 2.44. The third-order valence-corrected chi connectivity index (χ3v) is 2.65. The summed E-state index contributed by atoms with van der Waals surface area (Å²) in [5, 5.41) is 11.6. The molecule has 1 unspecified atom stereocenters. The highest BCUT2D eigenvalue weighted by Gasteiger charge is 2.31. The van der Waals surface area contributed by atoms with Gasteiger partial charge in [0, 0.05) is 0 Å². The Kier molecular flexibility index (Phi) is 2.36. The zero-order chi connectivity index (χ0) is 11.0. The molecule has 78 valence electrons. The van der Waals surface area contributed by atoms with E-state index < -0.39 is 12.0 Å². The van der Waals surface area contributed by atoms with Crippen LogP contribution in [0.5, 0.6) is 0 Å². The zero-order valence-corrected chi connectivity index (χ0v) is 8.41. The highest BCUT2D eigenvalue weighted by molar-refractivity contribution is 6.34. The van der Waals surface area contributed by atoms with Crippen molar-refractivity contribution in [3.63, 3.8) is 0 Å². The first-order chi connectivity index (χ1) is 7.09. The van der Waals surface area contributed by atoms with Gasteiger partial charge in [-0.05, 0) is 11.6 Å². The van der Waals surface area contributed by atoms with Crippen LogP contribution in [0.1, 0.15) is 28.4 Å². The highest BCUT2D eigenvalue weighted by Crippen LogP contribution is 2.32. The Labute approximate surface area is 90.9 Å². The Morgan fingerprint density at radius 1 is 1.53 bits per heavy atom. The molecule has 1 aromatic carbocycles. The molecule has 5 heteroatoms. The van der Waals surface area contributed by atoms with Gasteiger partial charge in [-0.2, -0.15) is 0 Å². The Bertz CT molecular complexity index is 444. The van der Waals surface area contributed by atoms with E-state index >= 15 is 0 Å². The number of halogens is 1. The van der Waals surface area contributed by atoms with Gasteiger partial charge >= 0.3 is 5.97 Å². The second-order valence-electron chi connectivity index (χ2n) is 3.33. The largest absolute Gasteiger partial charge is 0.481 e. The second kappa shape index (κ2) is 3.55. The number of carbonyl (C=O) groups is 2. The summed E-state index contributed by atoms with van der Waals surface area (Å²) in [5.74, 6) is -1.25. The summed E-state index contributed by atoms with van der Waals surface area (Å²) < 4.78 is 0. The lowest BCUT2D eigenvalue weighted by Crippen LogP contribution is -2.21. The number of amides is 1. The van der Waals surface area contributed by atoms with Gasteiger partial charge in [0.2, 0.25) is 0 Å². The van der Waals surface area contributed by atoms with E-state index in [2.05, 4.69) is 5.32 Å². The van der Waals surface area contributed by atoms with Gasteiger partial charge in [0.1, 0.15) is 0 Å². The number of aliphatic carboxylic acids is 1. The van der Waals surface area contributed by atoms with E-state index in [1.165, 1.54) is 0 Å². The van der Waals surface area contributed by atoms with Crippen LogP contribution in [-0.2, 0) is 4.79 Å². The third kappa shape index (κ3) is 1.68. The number of fused-ring (bicyclic) bond motifs is 1. The molecule has 0 saturated heterocycles. The van der Waals surface area contributed by atoms with Crippen molar-refractivity contribution in [2.45, 2.75) is 12.5 Å². The van der Waals surface area contributed by atoms with Crippen molar-refractivity contribution >= 4 is 23.5 Å². The molecule has 1 atom stereocenters. The minimum absolute atomic E-state index is 0.126. The summed E-state index contributed by atoms with van der Waals surface area (Å²) in [6.45, 7) is 0. The van der Waals surface area contributed by atoms with E-state index in [9.17, 15) is 9.59 Å². The Morgan fingerprint density at radius 2 is 2.27 bits per heavy atom. The molecule has 0 bridgehead atoms. The Balaban J connectivity index is 2.42. The molecule has 0 aliphatic carbocycles. The molecule has 15 heavy (non-hydrogen) atoms. The summed E-state index contributed by atoms with van der Waals surface area (Å²) in [4.78, 5) is 22.1. The van der Waals surface area contributed by atoms with Crippen LogP contribution in [0, 0.1) is 0 Å². The first kappa shape index (κ1) is 9.98. The molecule has 0 spiro atoms. The highest BCUT2D eigenvalue weighted by atomic mass is 35.5.